The van der Waals surface area contributed by atoms with Crippen molar-refractivity contribution in [3.8, 4) is 0 Å². The first-order chi connectivity index (χ1) is 5.34. The zero-order valence-electron chi connectivity index (χ0n) is 6.58. The van der Waals surface area contributed by atoms with Crippen LogP contribution in [0, 0.1) is 0 Å². The number of hydrogen-bond donors (Lipinski definition) is 0. The van der Waals surface area contributed by atoms with Crippen molar-refractivity contribution in [3.05, 3.63) is 0 Å². The lowest BCUT2D eigenvalue weighted by molar-refractivity contribution is -0.138. The van der Waals surface area contributed by atoms with Gasteiger partial charge in [-0.25, -0.2) is 0 Å². The molecule has 3 heteroatoms. The Morgan fingerprint density at radius 3 is 2.64 bits per heavy atom. The summed E-state index contributed by atoms with van der Waals surface area (Å²) in [4.78, 5) is 22.7. The van der Waals surface area contributed by atoms with Gasteiger partial charge in [0.25, 0.3) is 0 Å². The van der Waals surface area contributed by atoms with Gasteiger partial charge in [0.1, 0.15) is 0 Å². The minimum atomic E-state index is -0.0142. The quantitative estimate of drug-likeness (QED) is 0.528. The fourth-order valence-corrected chi connectivity index (χ4v) is 1.29. The van der Waals surface area contributed by atoms with E-state index in [9.17, 15) is 9.59 Å². The van der Waals surface area contributed by atoms with E-state index >= 15 is 0 Å². The third-order valence-electron chi connectivity index (χ3n) is 1.99. The molecule has 0 N–H and O–H groups in total. The van der Waals surface area contributed by atoms with E-state index in [1.807, 2.05) is 0 Å². The van der Waals surface area contributed by atoms with Crippen LogP contribution in [0.3, 0.4) is 0 Å². The average Bonchev–Trinajstić information content (AvgIpc) is 1.98. The van der Waals surface area contributed by atoms with Crippen LogP contribution in [-0.4, -0.2) is 23.8 Å². The van der Waals surface area contributed by atoms with Crippen LogP contribution in [0.2, 0.25) is 0 Å². The Kier molecular flexibility index (Phi) is 3.08. The van der Waals surface area contributed by atoms with E-state index < -0.39 is 0 Å². The molecule has 0 spiro atoms. The molecule has 0 atom stereocenters. The number of imide groups is 1. The summed E-state index contributed by atoms with van der Waals surface area (Å²) in [5.41, 5.74) is 0. The lowest BCUT2D eigenvalue weighted by Crippen LogP contribution is -2.31. The van der Waals surface area contributed by atoms with Crippen molar-refractivity contribution in [3.63, 3.8) is 0 Å². The Morgan fingerprint density at radius 1 is 1.18 bits per heavy atom. The van der Waals surface area contributed by atoms with Gasteiger partial charge in [-0.05, 0) is 12.8 Å². The van der Waals surface area contributed by atoms with Crippen LogP contribution in [0.4, 0.5) is 0 Å². The normalized spacial score (nSPS) is 20.7. The second-order valence-electron chi connectivity index (χ2n) is 2.86. The van der Waals surface area contributed by atoms with E-state index in [0.717, 1.165) is 25.7 Å². The zero-order valence-corrected chi connectivity index (χ0v) is 6.58. The smallest absolute Gasteiger partial charge is 0.228 e. The molecule has 1 fully saturated rings. The summed E-state index contributed by atoms with van der Waals surface area (Å²) in [6.07, 6.45) is 5.34. The van der Waals surface area contributed by atoms with E-state index in [-0.39, 0.29) is 5.91 Å². The molecule has 62 valence electrons. The van der Waals surface area contributed by atoms with Crippen molar-refractivity contribution in [2.24, 2.45) is 0 Å². The molecule has 0 bridgehead atoms. The molecule has 0 aliphatic carbocycles. The predicted octanol–water partition coefficient (Wildman–Crippen LogP) is 0.935. The van der Waals surface area contributed by atoms with Crippen LogP contribution in [0.25, 0.3) is 0 Å². The van der Waals surface area contributed by atoms with Gasteiger partial charge < -0.3 is 0 Å². The highest BCUT2D eigenvalue weighted by Gasteiger charge is 2.13. The SMILES string of the molecule is O=CN1CCCCCCC1=O. The summed E-state index contributed by atoms with van der Waals surface area (Å²) in [5.74, 6) is -0.0142. The van der Waals surface area contributed by atoms with E-state index in [4.69, 9.17) is 0 Å². The molecule has 3 nitrogen and oxygen atoms in total. The zero-order chi connectivity index (χ0) is 8.10. The lowest BCUT2D eigenvalue weighted by Gasteiger charge is -2.17. The molecule has 0 unspecified atom stereocenters. The molecule has 0 saturated carbocycles. The van der Waals surface area contributed by atoms with Crippen LogP contribution < -0.4 is 0 Å². The highest BCUT2D eigenvalue weighted by atomic mass is 16.2. The summed E-state index contributed by atoms with van der Waals surface area (Å²) in [7, 11) is 0. The fourth-order valence-electron chi connectivity index (χ4n) is 1.29. The molecule has 2 amide bonds. The third-order valence-corrected chi connectivity index (χ3v) is 1.99. The number of rotatable bonds is 1. The molecule has 0 aromatic heterocycles. The average molecular weight is 155 g/mol. The maximum Gasteiger partial charge on any atom is 0.228 e. The van der Waals surface area contributed by atoms with Crippen LogP contribution in [-0.2, 0) is 9.59 Å². The summed E-state index contributed by atoms with van der Waals surface area (Å²) in [6.45, 7) is 0.613. The largest absolute Gasteiger partial charge is 0.285 e. The first-order valence-electron chi connectivity index (χ1n) is 4.09. The van der Waals surface area contributed by atoms with Crippen molar-refractivity contribution in [2.75, 3.05) is 6.54 Å². The minimum absolute atomic E-state index is 0.0142. The fraction of sp³-hybridized carbons (Fsp3) is 0.750. The molecule has 11 heavy (non-hydrogen) atoms. The molecular weight excluding hydrogens is 142 g/mol. The molecule has 1 aliphatic rings. The van der Waals surface area contributed by atoms with Crippen LogP contribution in [0.5, 0.6) is 0 Å². The summed E-state index contributed by atoms with van der Waals surface area (Å²) in [6, 6.07) is 0. The van der Waals surface area contributed by atoms with Gasteiger partial charge in [0.2, 0.25) is 12.3 Å². The van der Waals surface area contributed by atoms with Gasteiger partial charge >= 0.3 is 0 Å². The molecule has 0 radical (unpaired) electrons. The Hall–Kier alpha value is -0.860. The van der Waals surface area contributed by atoms with Crippen molar-refractivity contribution >= 4 is 12.3 Å². The summed E-state index contributed by atoms with van der Waals surface area (Å²) < 4.78 is 0. The van der Waals surface area contributed by atoms with E-state index in [2.05, 4.69) is 0 Å². The van der Waals surface area contributed by atoms with Gasteiger partial charge in [0, 0.05) is 13.0 Å². The van der Waals surface area contributed by atoms with E-state index in [1.165, 1.54) is 4.90 Å². The third kappa shape index (κ3) is 2.33. The van der Waals surface area contributed by atoms with Crippen molar-refractivity contribution in [1.29, 1.82) is 0 Å². The lowest BCUT2D eigenvalue weighted by atomic mass is 10.1. The van der Waals surface area contributed by atoms with Crippen LogP contribution in [0.15, 0.2) is 0 Å². The van der Waals surface area contributed by atoms with Gasteiger partial charge in [-0.15, -0.1) is 0 Å². The monoisotopic (exact) mass is 155 g/mol. The maximum atomic E-state index is 11.1. The van der Waals surface area contributed by atoms with Gasteiger partial charge in [-0.2, -0.15) is 0 Å². The van der Waals surface area contributed by atoms with Crippen LogP contribution in [0.1, 0.15) is 32.1 Å². The first kappa shape index (κ1) is 8.24. The van der Waals surface area contributed by atoms with Gasteiger partial charge in [-0.3, -0.25) is 14.5 Å². The number of amides is 2. The molecule has 1 saturated heterocycles. The van der Waals surface area contributed by atoms with Gasteiger partial charge in [0.05, 0.1) is 0 Å². The highest BCUT2D eigenvalue weighted by molar-refractivity contribution is 5.86. The Balaban J connectivity index is 2.45. The maximum absolute atomic E-state index is 11.1. The first-order valence-corrected chi connectivity index (χ1v) is 4.09. The summed E-state index contributed by atoms with van der Waals surface area (Å²) >= 11 is 0. The number of nitrogens with zero attached hydrogens (tertiary/aromatic N) is 1. The van der Waals surface area contributed by atoms with Crippen molar-refractivity contribution in [2.45, 2.75) is 32.1 Å². The topological polar surface area (TPSA) is 37.4 Å². The highest BCUT2D eigenvalue weighted by Crippen LogP contribution is 2.09. The number of carbonyl (C=O) groups excluding carboxylic acids is 2. The summed E-state index contributed by atoms with van der Waals surface area (Å²) in [5, 5.41) is 0. The van der Waals surface area contributed by atoms with Crippen molar-refractivity contribution < 1.29 is 9.59 Å². The molecular formula is C8H13NO2. The molecule has 1 rings (SSSR count). The van der Waals surface area contributed by atoms with Gasteiger partial charge in [-0.1, -0.05) is 12.8 Å². The second kappa shape index (κ2) is 4.11. The molecule has 1 heterocycles. The number of likely N-dealkylation sites (tertiary alicyclic amines) is 1. The Labute approximate surface area is 66.4 Å². The molecule has 1 aliphatic heterocycles. The molecule has 0 aromatic carbocycles. The predicted molar refractivity (Wildman–Crippen MR) is 40.9 cm³/mol. The Bertz CT molecular complexity index is 156. The van der Waals surface area contributed by atoms with Gasteiger partial charge in [0.15, 0.2) is 0 Å². The minimum Gasteiger partial charge on any atom is -0.285 e. The Morgan fingerprint density at radius 2 is 1.91 bits per heavy atom. The van der Waals surface area contributed by atoms with Crippen LogP contribution >= 0.6 is 0 Å². The second-order valence-corrected chi connectivity index (χ2v) is 2.86. The van der Waals surface area contributed by atoms with E-state index in [0.29, 0.717) is 19.4 Å². The molecule has 0 aromatic rings. The van der Waals surface area contributed by atoms with Crippen molar-refractivity contribution in [1.82, 2.24) is 4.90 Å². The number of hydrogen-bond acceptors (Lipinski definition) is 2. The van der Waals surface area contributed by atoms with E-state index in [1.54, 1.807) is 0 Å². The number of carbonyl (C=O) groups is 2. The standard InChI is InChI=1S/C8H13NO2/c10-7-9-6-4-2-1-3-5-8(9)11/h7H,1-6H2.